The average Bonchev–Trinajstić information content (AvgIpc) is 2.59. The Kier molecular flexibility index (Phi) is 6.41. The number of aliphatic carboxylic acids is 1. The summed E-state index contributed by atoms with van der Waals surface area (Å²) in [6.07, 6.45) is 1.87. The van der Waals surface area contributed by atoms with Gasteiger partial charge in [0.25, 0.3) is 0 Å². The third kappa shape index (κ3) is 4.72. The molecule has 0 fully saturated rings. The lowest BCUT2D eigenvalue weighted by Gasteiger charge is -2.28. The monoisotopic (exact) mass is 463 g/mol. The molecule has 28 heavy (non-hydrogen) atoms. The predicted molar refractivity (Wildman–Crippen MR) is 107 cm³/mol. The molecule has 3 rings (SSSR count). The Morgan fingerprint density at radius 3 is 2.61 bits per heavy atom. The Hall–Kier alpha value is -1.51. The van der Waals surface area contributed by atoms with Gasteiger partial charge in [-0.3, -0.25) is 0 Å². The van der Waals surface area contributed by atoms with Crippen LogP contribution in [0.5, 0.6) is 5.75 Å². The summed E-state index contributed by atoms with van der Waals surface area (Å²) in [5.74, 6) is -0.766. The van der Waals surface area contributed by atoms with E-state index in [0.717, 1.165) is 5.56 Å². The van der Waals surface area contributed by atoms with Crippen molar-refractivity contribution in [2.75, 3.05) is 6.61 Å². The highest BCUT2D eigenvalue weighted by molar-refractivity contribution is 7.89. The first-order valence-corrected chi connectivity index (χ1v) is 10.9. The SMILES string of the molecule is O=C(O)COc1cc(Cl)cc2c1CCCC2NS(=O)(=O)c1ccc(Cl)cc1Cl. The number of hydrogen-bond acceptors (Lipinski definition) is 4. The topological polar surface area (TPSA) is 92.7 Å². The molecule has 0 aliphatic heterocycles. The number of halogens is 3. The van der Waals surface area contributed by atoms with Crippen molar-refractivity contribution in [1.82, 2.24) is 4.72 Å². The van der Waals surface area contributed by atoms with Gasteiger partial charge in [-0.15, -0.1) is 0 Å². The number of nitrogens with one attached hydrogen (secondary N) is 1. The van der Waals surface area contributed by atoms with Crippen molar-refractivity contribution in [1.29, 1.82) is 0 Å². The lowest BCUT2D eigenvalue weighted by molar-refractivity contribution is -0.139. The highest BCUT2D eigenvalue weighted by atomic mass is 35.5. The van der Waals surface area contributed by atoms with E-state index >= 15 is 0 Å². The number of ether oxygens (including phenoxy) is 1. The summed E-state index contributed by atoms with van der Waals surface area (Å²) < 4.78 is 33.7. The molecule has 0 radical (unpaired) electrons. The fourth-order valence-corrected chi connectivity index (χ4v) is 5.42. The van der Waals surface area contributed by atoms with Crippen LogP contribution < -0.4 is 9.46 Å². The molecule has 2 N–H and O–H groups in total. The molecule has 0 saturated carbocycles. The maximum Gasteiger partial charge on any atom is 0.341 e. The first-order valence-electron chi connectivity index (χ1n) is 8.31. The highest BCUT2D eigenvalue weighted by Crippen LogP contribution is 2.39. The van der Waals surface area contributed by atoms with E-state index in [1.807, 2.05) is 0 Å². The van der Waals surface area contributed by atoms with E-state index in [1.165, 1.54) is 24.3 Å². The van der Waals surface area contributed by atoms with Crippen molar-refractivity contribution in [3.05, 3.63) is 56.5 Å². The Bertz CT molecular complexity index is 1030. The zero-order valence-corrected chi connectivity index (χ0v) is 17.5. The molecule has 1 aliphatic carbocycles. The van der Waals surface area contributed by atoms with Crippen LogP contribution in [0.2, 0.25) is 15.1 Å². The maximum absolute atomic E-state index is 12.8. The Labute approximate surface area is 177 Å². The Morgan fingerprint density at radius 1 is 1.18 bits per heavy atom. The van der Waals surface area contributed by atoms with E-state index in [9.17, 15) is 13.2 Å². The zero-order chi connectivity index (χ0) is 20.5. The summed E-state index contributed by atoms with van der Waals surface area (Å²) in [7, 11) is -3.92. The molecule has 0 heterocycles. The van der Waals surface area contributed by atoms with Crippen LogP contribution in [-0.2, 0) is 21.2 Å². The van der Waals surface area contributed by atoms with Crippen LogP contribution in [0.15, 0.2) is 35.2 Å². The molecule has 1 unspecified atom stereocenters. The minimum absolute atomic E-state index is 0.0209. The van der Waals surface area contributed by atoms with E-state index in [0.29, 0.717) is 40.6 Å². The lowest BCUT2D eigenvalue weighted by atomic mass is 9.87. The second-order valence-corrected chi connectivity index (χ2v) is 9.26. The largest absolute Gasteiger partial charge is 0.482 e. The van der Waals surface area contributed by atoms with Gasteiger partial charge in [0.05, 0.1) is 5.02 Å². The zero-order valence-electron chi connectivity index (χ0n) is 14.4. The second kappa shape index (κ2) is 8.47. The molecule has 150 valence electrons. The standard InChI is InChI=1S/C18H16Cl3NO5S/c19-10-4-5-17(14(21)7-10)28(25,26)22-15-3-1-2-12-13(15)6-11(20)8-16(12)27-9-18(23)24/h4-8,15,22H,1-3,9H2,(H,23,24). The van der Waals surface area contributed by atoms with Gasteiger partial charge in [0.2, 0.25) is 10.0 Å². The third-order valence-electron chi connectivity index (χ3n) is 4.34. The normalized spacial score (nSPS) is 16.5. The molecule has 1 atom stereocenters. The third-order valence-corrected chi connectivity index (χ3v) is 6.74. The van der Waals surface area contributed by atoms with Gasteiger partial charge in [-0.2, -0.15) is 0 Å². The number of carbonyl (C=O) groups is 1. The van der Waals surface area contributed by atoms with Gasteiger partial charge in [0.15, 0.2) is 6.61 Å². The summed E-state index contributed by atoms with van der Waals surface area (Å²) >= 11 is 18.0. The summed E-state index contributed by atoms with van der Waals surface area (Å²) in [5.41, 5.74) is 1.40. The first kappa shape index (κ1) is 21.2. The summed E-state index contributed by atoms with van der Waals surface area (Å²) in [4.78, 5) is 10.7. The lowest BCUT2D eigenvalue weighted by Crippen LogP contribution is -2.31. The highest BCUT2D eigenvalue weighted by Gasteiger charge is 2.29. The van der Waals surface area contributed by atoms with Crippen molar-refractivity contribution >= 4 is 50.8 Å². The Morgan fingerprint density at radius 2 is 1.93 bits per heavy atom. The molecular formula is C18H16Cl3NO5S. The van der Waals surface area contributed by atoms with Gasteiger partial charge >= 0.3 is 5.97 Å². The molecule has 10 heteroatoms. The van der Waals surface area contributed by atoms with Crippen LogP contribution in [0.3, 0.4) is 0 Å². The fourth-order valence-electron chi connectivity index (χ4n) is 3.18. The number of fused-ring (bicyclic) bond motifs is 1. The number of carboxylic acids is 1. The van der Waals surface area contributed by atoms with Crippen LogP contribution >= 0.6 is 34.8 Å². The van der Waals surface area contributed by atoms with E-state index in [1.54, 1.807) is 6.07 Å². The van der Waals surface area contributed by atoms with Crippen molar-refractivity contribution in [3.63, 3.8) is 0 Å². The molecule has 0 amide bonds. The molecular weight excluding hydrogens is 449 g/mol. The van der Waals surface area contributed by atoms with Crippen LogP contribution in [0.1, 0.15) is 30.0 Å². The van der Waals surface area contributed by atoms with Crippen LogP contribution in [-0.4, -0.2) is 26.1 Å². The van der Waals surface area contributed by atoms with Gasteiger partial charge in [-0.25, -0.2) is 17.9 Å². The minimum atomic E-state index is -3.92. The van der Waals surface area contributed by atoms with E-state index in [-0.39, 0.29) is 9.92 Å². The van der Waals surface area contributed by atoms with E-state index in [4.69, 9.17) is 44.6 Å². The molecule has 0 spiro atoms. The molecule has 0 aromatic heterocycles. The second-order valence-electron chi connectivity index (χ2n) is 6.29. The summed E-state index contributed by atoms with van der Waals surface area (Å²) in [6, 6.07) is 6.81. The van der Waals surface area contributed by atoms with Gasteiger partial charge in [0, 0.05) is 16.1 Å². The van der Waals surface area contributed by atoms with Crippen LogP contribution in [0.25, 0.3) is 0 Å². The molecule has 0 bridgehead atoms. The number of carboxylic acid groups (broad SMARTS) is 1. The quantitative estimate of drug-likeness (QED) is 0.658. The smallest absolute Gasteiger partial charge is 0.341 e. The van der Waals surface area contributed by atoms with Crippen molar-refractivity contribution in [2.24, 2.45) is 0 Å². The van der Waals surface area contributed by atoms with Crippen LogP contribution in [0.4, 0.5) is 0 Å². The summed E-state index contributed by atoms with van der Waals surface area (Å²) in [5, 5.41) is 9.53. The van der Waals surface area contributed by atoms with Crippen molar-refractivity contribution in [3.8, 4) is 5.75 Å². The van der Waals surface area contributed by atoms with Gasteiger partial charge in [-0.1, -0.05) is 34.8 Å². The number of rotatable bonds is 6. The van der Waals surface area contributed by atoms with Crippen molar-refractivity contribution in [2.45, 2.75) is 30.2 Å². The van der Waals surface area contributed by atoms with Crippen LogP contribution in [0, 0.1) is 0 Å². The van der Waals surface area contributed by atoms with Gasteiger partial charge in [-0.05, 0) is 60.7 Å². The minimum Gasteiger partial charge on any atom is -0.482 e. The van der Waals surface area contributed by atoms with Gasteiger partial charge in [0.1, 0.15) is 10.6 Å². The average molecular weight is 465 g/mol. The van der Waals surface area contributed by atoms with E-state index < -0.39 is 28.6 Å². The molecule has 2 aromatic rings. The molecule has 1 aliphatic rings. The number of hydrogen-bond donors (Lipinski definition) is 2. The molecule has 0 saturated heterocycles. The fraction of sp³-hybridized carbons (Fsp3) is 0.278. The van der Waals surface area contributed by atoms with E-state index in [2.05, 4.69) is 4.72 Å². The number of benzene rings is 2. The Balaban J connectivity index is 1.94. The predicted octanol–water partition coefficient (Wildman–Crippen LogP) is 4.47. The summed E-state index contributed by atoms with van der Waals surface area (Å²) in [6.45, 7) is -0.510. The molecule has 6 nitrogen and oxygen atoms in total. The van der Waals surface area contributed by atoms with Crippen molar-refractivity contribution < 1.29 is 23.1 Å². The number of sulfonamides is 1. The first-order chi connectivity index (χ1) is 13.2. The van der Waals surface area contributed by atoms with Gasteiger partial charge < -0.3 is 9.84 Å². The maximum atomic E-state index is 12.8. The molecule has 2 aromatic carbocycles.